The summed E-state index contributed by atoms with van der Waals surface area (Å²) < 4.78 is 10.8. The lowest BCUT2D eigenvalue weighted by Crippen LogP contribution is -2.26. The van der Waals surface area contributed by atoms with E-state index in [1.165, 1.54) is 0 Å². The highest BCUT2D eigenvalue weighted by molar-refractivity contribution is 5.97. The molecule has 1 amide bonds. The zero-order chi connectivity index (χ0) is 17.8. The van der Waals surface area contributed by atoms with Crippen LogP contribution in [0.25, 0.3) is 0 Å². The van der Waals surface area contributed by atoms with Gasteiger partial charge in [-0.2, -0.15) is 0 Å². The van der Waals surface area contributed by atoms with Crippen LogP contribution in [0.3, 0.4) is 0 Å². The van der Waals surface area contributed by atoms with Crippen molar-refractivity contribution in [2.45, 2.75) is 25.9 Å². The molecule has 2 aromatic carbocycles. The summed E-state index contributed by atoms with van der Waals surface area (Å²) >= 11 is 0. The van der Waals surface area contributed by atoms with Crippen LogP contribution in [0, 0.1) is 12.8 Å². The van der Waals surface area contributed by atoms with Gasteiger partial charge in [0.15, 0.2) is 0 Å². The number of nitrogens with one attached hydrogen (secondary N) is 1. The summed E-state index contributed by atoms with van der Waals surface area (Å²) in [5.74, 6) is -0.240. The van der Waals surface area contributed by atoms with Crippen molar-refractivity contribution < 1.29 is 19.1 Å². The van der Waals surface area contributed by atoms with Crippen LogP contribution in [0.1, 0.15) is 30.1 Å². The number of hydrogen-bond donors (Lipinski definition) is 1. The summed E-state index contributed by atoms with van der Waals surface area (Å²) in [6.07, 6.45) is 0.668. The molecular weight excluding hydrogens is 318 g/mol. The number of ether oxygens (including phenoxy) is 2. The van der Waals surface area contributed by atoms with Gasteiger partial charge in [-0.3, -0.25) is 9.59 Å². The second-order valence-corrected chi connectivity index (χ2v) is 6.19. The lowest BCUT2D eigenvalue weighted by atomic mass is 10.1. The number of rotatable bonds is 6. The molecule has 0 saturated heterocycles. The quantitative estimate of drug-likeness (QED) is 0.816. The van der Waals surface area contributed by atoms with Gasteiger partial charge in [-0.25, -0.2) is 0 Å². The Balaban J connectivity index is 1.83. The molecule has 0 aliphatic heterocycles. The van der Waals surface area contributed by atoms with E-state index in [4.69, 9.17) is 9.47 Å². The Bertz CT molecular complexity index is 769. The molecule has 1 fully saturated rings. The first-order valence-electron chi connectivity index (χ1n) is 8.29. The number of aryl methyl sites for hydroxylation is 1. The topological polar surface area (TPSA) is 64.6 Å². The van der Waals surface area contributed by atoms with Crippen molar-refractivity contribution >= 4 is 17.6 Å². The van der Waals surface area contributed by atoms with Gasteiger partial charge in [0.05, 0.1) is 18.7 Å². The maximum atomic E-state index is 12.8. The van der Waals surface area contributed by atoms with Crippen molar-refractivity contribution in [3.05, 3.63) is 59.7 Å². The standard InChI is InChI=1S/C20H21NO4/c1-13-8-11-17(24-2)16(12-13)21-19(22)18(14-6-4-3-5-7-14)25-20(23)15-9-10-15/h3-8,11-12,15,18H,9-10H2,1-2H3,(H,21,22)/t18-/m1/s1. The molecule has 130 valence electrons. The zero-order valence-corrected chi connectivity index (χ0v) is 14.3. The summed E-state index contributed by atoms with van der Waals surface area (Å²) in [7, 11) is 1.54. The Morgan fingerprint density at radius 1 is 1.12 bits per heavy atom. The van der Waals surface area contributed by atoms with E-state index in [1.54, 1.807) is 25.3 Å². The third-order valence-electron chi connectivity index (χ3n) is 4.10. The van der Waals surface area contributed by atoms with E-state index in [9.17, 15) is 9.59 Å². The summed E-state index contributed by atoms with van der Waals surface area (Å²) in [4.78, 5) is 24.9. The molecule has 1 atom stereocenters. The smallest absolute Gasteiger partial charge is 0.310 e. The van der Waals surface area contributed by atoms with Crippen LogP contribution in [-0.4, -0.2) is 19.0 Å². The molecule has 0 bridgehead atoms. The minimum Gasteiger partial charge on any atom is -0.495 e. The summed E-state index contributed by atoms with van der Waals surface area (Å²) in [6.45, 7) is 1.93. The van der Waals surface area contributed by atoms with Crippen molar-refractivity contribution in [1.82, 2.24) is 0 Å². The van der Waals surface area contributed by atoms with E-state index in [2.05, 4.69) is 5.32 Å². The number of amides is 1. The molecule has 5 nitrogen and oxygen atoms in total. The molecule has 1 N–H and O–H groups in total. The minimum atomic E-state index is -0.987. The molecule has 1 aliphatic rings. The maximum Gasteiger partial charge on any atom is 0.310 e. The maximum absolute atomic E-state index is 12.8. The third kappa shape index (κ3) is 4.18. The molecule has 25 heavy (non-hydrogen) atoms. The van der Waals surface area contributed by atoms with E-state index in [-0.39, 0.29) is 11.9 Å². The Morgan fingerprint density at radius 3 is 2.48 bits per heavy atom. The Kier molecular flexibility index (Phi) is 5.03. The van der Waals surface area contributed by atoms with Gasteiger partial charge >= 0.3 is 5.97 Å². The average molecular weight is 339 g/mol. The largest absolute Gasteiger partial charge is 0.495 e. The molecule has 0 radical (unpaired) electrons. The molecule has 0 aromatic heterocycles. The van der Waals surface area contributed by atoms with Crippen molar-refractivity contribution in [2.24, 2.45) is 5.92 Å². The number of hydrogen-bond acceptors (Lipinski definition) is 4. The normalized spacial score (nSPS) is 14.5. The predicted molar refractivity (Wildman–Crippen MR) is 94.4 cm³/mol. The second kappa shape index (κ2) is 7.38. The first kappa shape index (κ1) is 17.0. The van der Waals surface area contributed by atoms with Crippen LogP contribution >= 0.6 is 0 Å². The zero-order valence-electron chi connectivity index (χ0n) is 14.3. The molecule has 0 spiro atoms. The second-order valence-electron chi connectivity index (χ2n) is 6.19. The number of carbonyl (C=O) groups excluding carboxylic acids is 2. The van der Waals surface area contributed by atoms with E-state index in [1.807, 2.05) is 37.3 Å². The van der Waals surface area contributed by atoms with Crippen molar-refractivity contribution in [3.63, 3.8) is 0 Å². The predicted octanol–water partition coefficient (Wildman–Crippen LogP) is 3.64. The molecule has 5 heteroatoms. The molecule has 3 rings (SSSR count). The Hall–Kier alpha value is -2.82. The van der Waals surface area contributed by atoms with Crippen LogP contribution in [0.5, 0.6) is 5.75 Å². The van der Waals surface area contributed by atoms with E-state index in [0.717, 1.165) is 18.4 Å². The molecule has 2 aromatic rings. The van der Waals surface area contributed by atoms with Crippen LogP contribution in [0.15, 0.2) is 48.5 Å². The average Bonchev–Trinajstić information content (AvgIpc) is 3.45. The lowest BCUT2D eigenvalue weighted by Gasteiger charge is -2.19. The van der Waals surface area contributed by atoms with Crippen molar-refractivity contribution in [2.75, 3.05) is 12.4 Å². The van der Waals surface area contributed by atoms with Gasteiger partial charge in [0, 0.05) is 5.56 Å². The SMILES string of the molecule is COc1ccc(C)cc1NC(=O)[C@H](OC(=O)C1CC1)c1ccccc1. The fourth-order valence-corrected chi connectivity index (χ4v) is 2.55. The van der Waals surface area contributed by atoms with Gasteiger partial charge < -0.3 is 14.8 Å². The fourth-order valence-electron chi connectivity index (χ4n) is 2.55. The number of esters is 1. The number of methoxy groups -OCH3 is 1. The van der Waals surface area contributed by atoms with Gasteiger partial charge in [0.2, 0.25) is 6.10 Å². The van der Waals surface area contributed by atoms with Crippen molar-refractivity contribution in [1.29, 1.82) is 0 Å². The summed E-state index contributed by atoms with van der Waals surface area (Å²) in [6, 6.07) is 14.5. The number of anilines is 1. The van der Waals surface area contributed by atoms with Crippen LogP contribution in [0.2, 0.25) is 0 Å². The molecular formula is C20H21NO4. The highest BCUT2D eigenvalue weighted by Gasteiger charge is 2.35. The van der Waals surface area contributed by atoms with E-state index in [0.29, 0.717) is 17.0 Å². The van der Waals surface area contributed by atoms with Gasteiger partial charge in [0.1, 0.15) is 5.75 Å². The van der Waals surface area contributed by atoms with E-state index < -0.39 is 12.0 Å². The third-order valence-corrected chi connectivity index (χ3v) is 4.10. The molecule has 1 saturated carbocycles. The molecule has 0 unspecified atom stereocenters. The van der Waals surface area contributed by atoms with Gasteiger partial charge in [-0.15, -0.1) is 0 Å². The Labute approximate surface area is 147 Å². The summed E-state index contributed by atoms with van der Waals surface area (Å²) in [5.41, 5.74) is 2.18. The first-order valence-corrected chi connectivity index (χ1v) is 8.29. The summed E-state index contributed by atoms with van der Waals surface area (Å²) in [5, 5.41) is 2.82. The monoisotopic (exact) mass is 339 g/mol. The molecule has 1 aliphatic carbocycles. The number of benzene rings is 2. The first-order chi connectivity index (χ1) is 12.1. The van der Waals surface area contributed by atoms with Gasteiger partial charge in [0.25, 0.3) is 5.91 Å². The van der Waals surface area contributed by atoms with Crippen LogP contribution in [-0.2, 0) is 14.3 Å². The Morgan fingerprint density at radius 2 is 1.84 bits per heavy atom. The minimum absolute atomic E-state index is 0.0764. The fraction of sp³-hybridized carbons (Fsp3) is 0.300. The van der Waals surface area contributed by atoms with Gasteiger partial charge in [-0.05, 0) is 37.5 Å². The highest BCUT2D eigenvalue weighted by Crippen LogP contribution is 2.33. The van der Waals surface area contributed by atoms with Gasteiger partial charge in [-0.1, -0.05) is 36.4 Å². The molecule has 0 heterocycles. The number of carbonyl (C=O) groups is 2. The lowest BCUT2D eigenvalue weighted by molar-refractivity contribution is -0.156. The van der Waals surface area contributed by atoms with Crippen LogP contribution in [0.4, 0.5) is 5.69 Å². The van der Waals surface area contributed by atoms with Crippen molar-refractivity contribution in [3.8, 4) is 5.75 Å². The highest BCUT2D eigenvalue weighted by atomic mass is 16.5. The van der Waals surface area contributed by atoms with Crippen LogP contribution < -0.4 is 10.1 Å². The van der Waals surface area contributed by atoms with E-state index >= 15 is 0 Å².